The maximum absolute atomic E-state index is 14.1. The molecule has 0 aromatic carbocycles. The molecule has 5 aliphatic rings. The minimum absolute atomic E-state index is 0.0906. The van der Waals surface area contributed by atoms with E-state index in [0.29, 0.717) is 0 Å². The van der Waals surface area contributed by atoms with Crippen LogP contribution in [0.2, 0.25) is 0 Å². The number of ketones is 2. The molecule has 0 aromatic heterocycles. The molecule has 3 fully saturated rings. The van der Waals surface area contributed by atoms with Crippen molar-refractivity contribution in [2.45, 2.75) is 93.4 Å². The Bertz CT molecular complexity index is 998. The van der Waals surface area contributed by atoms with Gasteiger partial charge in [-0.15, -0.1) is 0 Å². The molecule has 5 aliphatic carbocycles. The van der Waals surface area contributed by atoms with E-state index in [9.17, 15) is 14.4 Å². The maximum atomic E-state index is 14.1. The molecule has 0 radical (unpaired) electrons. The quantitative estimate of drug-likeness (QED) is 0.428. The third-order valence-corrected chi connectivity index (χ3v) is 12.0. The summed E-state index contributed by atoms with van der Waals surface area (Å²) in [7, 11) is 0. The van der Waals surface area contributed by atoms with Gasteiger partial charge in [0, 0.05) is 22.2 Å². The molecule has 7 atom stereocenters. The Morgan fingerprint density at radius 3 is 2.24 bits per heavy atom. The van der Waals surface area contributed by atoms with Gasteiger partial charge in [-0.2, -0.15) is 0 Å². The lowest BCUT2D eigenvalue weighted by Crippen LogP contribution is -2.64. The molecule has 0 spiro atoms. The lowest BCUT2D eigenvalue weighted by Gasteiger charge is -2.68. The standard InChI is InChI=1S/C30H42O3/c1-25(2)12-14-30(18-31)15-13-29(7)24(19(30)17-25)20(32)16-22-27(5)10-9-23(33)26(3,4)21(27)8-11-28(22,29)6/h9-10,16,18-19,21,24H,8,11-15,17H2,1-7H3/t19?,21-,24?,27-,28+,29+,30+/m0/s1. The second kappa shape index (κ2) is 6.58. The number of hydrogen-bond acceptors (Lipinski definition) is 3. The highest BCUT2D eigenvalue weighted by molar-refractivity contribution is 5.98. The third-order valence-electron chi connectivity index (χ3n) is 12.0. The zero-order valence-corrected chi connectivity index (χ0v) is 21.7. The van der Waals surface area contributed by atoms with Crippen LogP contribution in [-0.4, -0.2) is 17.9 Å². The van der Waals surface area contributed by atoms with Crippen LogP contribution in [0.4, 0.5) is 0 Å². The van der Waals surface area contributed by atoms with Crippen LogP contribution in [0.1, 0.15) is 93.4 Å². The minimum Gasteiger partial charge on any atom is -0.303 e. The monoisotopic (exact) mass is 450 g/mol. The number of carbonyl (C=O) groups is 3. The van der Waals surface area contributed by atoms with Gasteiger partial charge in [-0.3, -0.25) is 9.59 Å². The van der Waals surface area contributed by atoms with Gasteiger partial charge in [-0.05, 0) is 85.2 Å². The molecule has 0 amide bonds. The predicted octanol–water partition coefficient (Wildman–Crippen LogP) is 6.51. The van der Waals surface area contributed by atoms with Gasteiger partial charge in [0.25, 0.3) is 0 Å². The van der Waals surface area contributed by atoms with Crippen molar-refractivity contribution in [2.75, 3.05) is 0 Å². The average Bonchev–Trinajstić information content (AvgIpc) is 2.72. The minimum atomic E-state index is -0.418. The van der Waals surface area contributed by atoms with Crippen molar-refractivity contribution in [2.24, 2.45) is 50.2 Å². The topological polar surface area (TPSA) is 51.2 Å². The average molecular weight is 451 g/mol. The highest BCUT2D eigenvalue weighted by atomic mass is 16.1. The molecule has 2 unspecified atom stereocenters. The molecule has 3 heteroatoms. The largest absolute Gasteiger partial charge is 0.303 e. The van der Waals surface area contributed by atoms with Gasteiger partial charge in [0.2, 0.25) is 0 Å². The fourth-order valence-corrected chi connectivity index (χ4v) is 9.59. The first kappa shape index (κ1) is 23.2. The van der Waals surface area contributed by atoms with Crippen molar-refractivity contribution in [3.8, 4) is 0 Å². The molecule has 0 aromatic rings. The van der Waals surface area contributed by atoms with E-state index in [1.165, 1.54) is 11.9 Å². The molecule has 3 saturated carbocycles. The third kappa shape index (κ3) is 2.71. The molecule has 180 valence electrons. The molecule has 0 heterocycles. The van der Waals surface area contributed by atoms with Crippen LogP contribution in [0, 0.1) is 50.2 Å². The van der Waals surface area contributed by atoms with Gasteiger partial charge in [-0.25, -0.2) is 0 Å². The summed E-state index contributed by atoms with van der Waals surface area (Å²) < 4.78 is 0. The van der Waals surface area contributed by atoms with E-state index in [1.54, 1.807) is 6.08 Å². The first-order chi connectivity index (χ1) is 15.2. The van der Waals surface area contributed by atoms with Crippen molar-refractivity contribution in [1.29, 1.82) is 0 Å². The van der Waals surface area contributed by atoms with E-state index in [-0.39, 0.29) is 56.4 Å². The summed E-state index contributed by atoms with van der Waals surface area (Å²) in [6, 6.07) is 0. The van der Waals surface area contributed by atoms with Crippen LogP contribution in [0.5, 0.6) is 0 Å². The van der Waals surface area contributed by atoms with Crippen LogP contribution >= 0.6 is 0 Å². The Labute approximate surface area is 199 Å². The van der Waals surface area contributed by atoms with Crippen molar-refractivity contribution in [3.63, 3.8) is 0 Å². The van der Waals surface area contributed by atoms with Crippen molar-refractivity contribution < 1.29 is 14.4 Å². The van der Waals surface area contributed by atoms with Gasteiger partial charge < -0.3 is 4.79 Å². The summed E-state index contributed by atoms with van der Waals surface area (Å²) in [4.78, 5) is 39.5. The Kier molecular flexibility index (Phi) is 4.63. The molecule has 3 nitrogen and oxygen atoms in total. The van der Waals surface area contributed by atoms with Crippen molar-refractivity contribution >= 4 is 17.9 Å². The van der Waals surface area contributed by atoms with Gasteiger partial charge >= 0.3 is 0 Å². The molecule has 33 heavy (non-hydrogen) atoms. The molecule has 0 aliphatic heterocycles. The molecule has 0 N–H and O–H groups in total. The lowest BCUT2D eigenvalue weighted by atomic mass is 9.34. The summed E-state index contributed by atoms with van der Waals surface area (Å²) in [5.74, 6) is 0.695. The number of hydrogen-bond donors (Lipinski definition) is 0. The molecular weight excluding hydrogens is 408 g/mol. The van der Waals surface area contributed by atoms with E-state index < -0.39 is 5.41 Å². The summed E-state index contributed by atoms with van der Waals surface area (Å²) in [6.45, 7) is 15.8. The fourth-order valence-electron chi connectivity index (χ4n) is 9.59. The number of carbonyl (C=O) groups excluding carboxylic acids is 3. The Hall–Kier alpha value is -1.51. The Balaban J connectivity index is 1.67. The van der Waals surface area contributed by atoms with Crippen LogP contribution in [-0.2, 0) is 14.4 Å². The zero-order valence-electron chi connectivity index (χ0n) is 21.7. The molecular formula is C30H42O3. The second-order valence-electron chi connectivity index (χ2n) is 14.3. The van der Waals surface area contributed by atoms with E-state index in [4.69, 9.17) is 0 Å². The van der Waals surface area contributed by atoms with Crippen molar-refractivity contribution in [1.82, 2.24) is 0 Å². The van der Waals surface area contributed by atoms with Crippen LogP contribution in [0.15, 0.2) is 23.8 Å². The Morgan fingerprint density at radius 2 is 1.58 bits per heavy atom. The highest BCUT2D eigenvalue weighted by Crippen LogP contribution is 2.74. The van der Waals surface area contributed by atoms with Crippen LogP contribution in [0.25, 0.3) is 0 Å². The second-order valence-corrected chi connectivity index (χ2v) is 14.3. The van der Waals surface area contributed by atoms with Crippen LogP contribution in [0.3, 0.4) is 0 Å². The summed E-state index contributed by atoms with van der Waals surface area (Å²) in [5, 5.41) is 0. The van der Waals surface area contributed by atoms with E-state index >= 15 is 0 Å². The number of rotatable bonds is 1. The van der Waals surface area contributed by atoms with Crippen molar-refractivity contribution in [3.05, 3.63) is 23.8 Å². The summed E-state index contributed by atoms with van der Waals surface area (Å²) in [5.41, 5.74) is 0.122. The van der Waals surface area contributed by atoms with Gasteiger partial charge in [0.05, 0.1) is 0 Å². The number of allylic oxidation sites excluding steroid dienone is 4. The highest BCUT2D eigenvalue weighted by Gasteiger charge is 2.69. The molecule has 0 saturated heterocycles. The van der Waals surface area contributed by atoms with E-state index in [1.807, 2.05) is 6.08 Å². The first-order valence-corrected chi connectivity index (χ1v) is 13.1. The zero-order chi connectivity index (χ0) is 24.2. The molecule has 0 bridgehead atoms. The normalized spacial score (nSPS) is 49.8. The smallest absolute Gasteiger partial charge is 0.161 e. The fraction of sp³-hybridized carbons (Fsp3) is 0.767. The van der Waals surface area contributed by atoms with Gasteiger partial charge in [0.1, 0.15) is 6.29 Å². The SMILES string of the molecule is CC1(C)CC[C@]2(C=O)CC[C@]3(C)C(C(=O)C=C4[C@@]5(C)C=CC(=O)C(C)(C)[C@@H]5CC[C@]43C)C2C1. The summed E-state index contributed by atoms with van der Waals surface area (Å²) >= 11 is 0. The van der Waals surface area contributed by atoms with Gasteiger partial charge in [0.15, 0.2) is 11.6 Å². The lowest BCUT2D eigenvalue weighted by molar-refractivity contribution is -0.171. The van der Waals surface area contributed by atoms with E-state index in [0.717, 1.165) is 44.9 Å². The number of aldehydes is 1. The Morgan fingerprint density at radius 1 is 0.909 bits per heavy atom. The number of fused-ring (bicyclic) bond motifs is 7. The van der Waals surface area contributed by atoms with Gasteiger partial charge in [-0.1, -0.05) is 60.1 Å². The molecule has 5 rings (SSSR count). The van der Waals surface area contributed by atoms with E-state index in [2.05, 4.69) is 54.5 Å². The first-order valence-electron chi connectivity index (χ1n) is 13.1. The maximum Gasteiger partial charge on any atom is 0.161 e. The predicted molar refractivity (Wildman–Crippen MR) is 130 cm³/mol. The summed E-state index contributed by atoms with van der Waals surface area (Å²) in [6.07, 6.45) is 13.9. The van der Waals surface area contributed by atoms with Crippen LogP contribution < -0.4 is 0 Å².